The molecule has 0 spiro atoms. The summed E-state index contributed by atoms with van der Waals surface area (Å²) >= 11 is 0. The Kier molecular flexibility index (Phi) is 7.91. The number of urea groups is 1. The Hall–Kier alpha value is -2.28. The maximum absolute atomic E-state index is 12.4. The van der Waals surface area contributed by atoms with Crippen LogP contribution in [0.1, 0.15) is 44.6 Å². The lowest BCUT2D eigenvalue weighted by Gasteiger charge is -2.26. The van der Waals surface area contributed by atoms with Gasteiger partial charge in [-0.15, -0.1) is 0 Å². The second kappa shape index (κ2) is 10.2. The number of amides is 3. The molecule has 0 aromatic heterocycles. The van der Waals surface area contributed by atoms with Gasteiger partial charge in [-0.05, 0) is 32.9 Å². The molecule has 1 saturated carbocycles. The van der Waals surface area contributed by atoms with Crippen molar-refractivity contribution < 1.29 is 19.1 Å². The first-order chi connectivity index (χ1) is 13.0. The van der Waals surface area contributed by atoms with Gasteiger partial charge in [0.15, 0.2) is 11.5 Å². The van der Waals surface area contributed by atoms with E-state index in [9.17, 15) is 9.59 Å². The molecule has 1 fully saturated rings. The average Bonchev–Trinajstić information content (AvgIpc) is 2.67. The number of methoxy groups -OCH3 is 2. The molecule has 7 nitrogen and oxygen atoms in total. The molecule has 1 aromatic carbocycles. The maximum atomic E-state index is 12.4. The first kappa shape index (κ1) is 21.0. The smallest absolute Gasteiger partial charge is 0.321 e. The highest BCUT2D eigenvalue weighted by Gasteiger charge is 2.23. The molecule has 1 aliphatic rings. The second-order valence-corrected chi connectivity index (χ2v) is 7.04. The fourth-order valence-corrected chi connectivity index (χ4v) is 3.37. The fourth-order valence-electron chi connectivity index (χ4n) is 3.37. The average molecular weight is 377 g/mol. The van der Waals surface area contributed by atoms with Crippen molar-refractivity contribution in [2.75, 3.05) is 21.3 Å². The zero-order chi connectivity index (χ0) is 19.8. The van der Waals surface area contributed by atoms with Crippen LogP contribution >= 0.6 is 0 Å². The molecule has 2 N–H and O–H groups in total. The molecule has 0 bridgehead atoms. The zero-order valence-electron chi connectivity index (χ0n) is 16.7. The predicted molar refractivity (Wildman–Crippen MR) is 104 cm³/mol. The highest BCUT2D eigenvalue weighted by molar-refractivity contribution is 5.96. The Morgan fingerprint density at radius 1 is 1.19 bits per heavy atom. The number of carbonyl (C=O) groups is 2. The van der Waals surface area contributed by atoms with E-state index < -0.39 is 12.1 Å². The molecule has 0 saturated heterocycles. The van der Waals surface area contributed by atoms with Crippen molar-refractivity contribution in [2.24, 2.45) is 0 Å². The lowest BCUT2D eigenvalue weighted by Crippen LogP contribution is -2.50. The van der Waals surface area contributed by atoms with E-state index in [4.69, 9.17) is 9.47 Å². The van der Waals surface area contributed by atoms with E-state index in [0.717, 1.165) is 31.2 Å². The number of para-hydroxylation sites is 1. The van der Waals surface area contributed by atoms with Crippen molar-refractivity contribution >= 4 is 11.9 Å². The van der Waals surface area contributed by atoms with Crippen LogP contribution < -0.4 is 20.1 Å². The first-order valence-electron chi connectivity index (χ1n) is 9.47. The normalized spacial score (nSPS) is 15.9. The van der Waals surface area contributed by atoms with Crippen LogP contribution in [0.2, 0.25) is 0 Å². The Balaban J connectivity index is 1.91. The quantitative estimate of drug-likeness (QED) is 0.764. The molecule has 0 heterocycles. The van der Waals surface area contributed by atoms with Gasteiger partial charge >= 0.3 is 6.03 Å². The van der Waals surface area contributed by atoms with E-state index >= 15 is 0 Å². The van der Waals surface area contributed by atoms with Gasteiger partial charge in [-0.2, -0.15) is 0 Å². The Labute approximate surface area is 161 Å². The third-order valence-electron chi connectivity index (χ3n) is 5.12. The molecular weight excluding hydrogens is 346 g/mol. The van der Waals surface area contributed by atoms with Gasteiger partial charge in [0.1, 0.15) is 0 Å². The molecule has 27 heavy (non-hydrogen) atoms. The molecule has 1 atom stereocenters. The van der Waals surface area contributed by atoms with Crippen molar-refractivity contribution in [3.63, 3.8) is 0 Å². The van der Waals surface area contributed by atoms with Crippen molar-refractivity contribution in [3.05, 3.63) is 23.8 Å². The fraction of sp³-hybridized carbons (Fsp3) is 0.600. The summed E-state index contributed by atoms with van der Waals surface area (Å²) < 4.78 is 10.8. The van der Waals surface area contributed by atoms with Gasteiger partial charge in [0.25, 0.3) is 0 Å². The van der Waals surface area contributed by atoms with Gasteiger partial charge in [0.05, 0.1) is 20.3 Å². The molecule has 2 rings (SSSR count). The SMILES string of the molecule is COc1cccc(CN(C)[C@H](C)C(=O)NC(=O)NC2CCCCC2)c1OC. The summed E-state index contributed by atoms with van der Waals surface area (Å²) in [5.74, 6) is 0.967. The minimum absolute atomic E-state index is 0.167. The van der Waals surface area contributed by atoms with E-state index in [1.54, 1.807) is 21.1 Å². The number of hydrogen-bond donors (Lipinski definition) is 2. The van der Waals surface area contributed by atoms with Gasteiger partial charge in [-0.25, -0.2) is 4.79 Å². The highest BCUT2D eigenvalue weighted by Crippen LogP contribution is 2.31. The number of hydrogen-bond acceptors (Lipinski definition) is 5. The lowest BCUT2D eigenvalue weighted by molar-refractivity contribution is -0.124. The number of ether oxygens (including phenoxy) is 2. The van der Waals surface area contributed by atoms with Gasteiger partial charge < -0.3 is 14.8 Å². The van der Waals surface area contributed by atoms with Gasteiger partial charge in [0.2, 0.25) is 5.91 Å². The highest BCUT2D eigenvalue weighted by atomic mass is 16.5. The Morgan fingerprint density at radius 3 is 2.52 bits per heavy atom. The van der Waals surface area contributed by atoms with Crippen molar-refractivity contribution in [1.82, 2.24) is 15.5 Å². The summed E-state index contributed by atoms with van der Waals surface area (Å²) in [6.07, 6.45) is 5.43. The van der Waals surface area contributed by atoms with E-state index in [2.05, 4.69) is 10.6 Å². The molecule has 1 aliphatic carbocycles. The molecule has 1 aromatic rings. The molecule has 0 unspecified atom stereocenters. The number of rotatable bonds is 7. The summed E-state index contributed by atoms with van der Waals surface area (Å²) in [4.78, 5) is 26.4. The van der Waals surface area contributed by atoms with Crippen molar-refractivity contribution in [1.29, 1.82) is 0 Å². The van der Waals surface area contributed by atoms with E-state index in [1.807, 2.05) is 30.1 Å². The summed E-state index contributed by atoms with van der Waals surface area (Å²) in [5, 5.41) is 5.36. The zero-order valence-corrected chi connectivity index (χ0v) is 16.7. The summed E-state index contributed by atoms with van der Waals surface area (Å²) in [6.45, 7) is 2.26. The number of benzene rings is 1. The number of carbonyl (C=O) groups excluding carboxylic acids is 2. The van der Waals surface area contributed by atoms with Crippen LogP contribution in [0.25, 0.3) is 0 Å². The minimum atomic E-state index is -0.474. The molecular formula is C20H31N3O4. The van der Waals surface area contributed by atoms with Crippen molar-refractivity contribution in [3.8, 4) is 11.5 Å². The lowest BCUT2D eigenvalue weighted by atomic mass is 9.96. The summed E-state index contributed by atoms with van der Waals surface area (Å²) in [7, 11) is 5.02. The standard InChI is InChI=1S/C20H31N3O4/c1-14(19(24)22-20(25)21-16-10-6-5-7-11-16)23(2)13-15-9-8-12-17(26-3)18(15)27-4/h8-9,12,14,16H,5-7,10-11,13H2,1-4H3,(H2,21,22,24,25)/t14-/m1/s1. The summed E-state index contributed by atoms with van der Waals surface area (Å²) in [6, 6.07) is 4.92. The topological polar surface area (TPSA) is 79.9 Å². The van der Waals surface area contributed by atoms with Crippen LogP contribution in [0.3, 0.4) is 0 Å². The number of nitrogens with zero attached hydrogens (tertiary/aromatic N) is 1. The predicted octanol–water partition coefficient (Wildman–Crippen LogP) is 2.68. The van der Waals surface area contributed by atoms with Crippen molar-refractivity contribution in [2.45, 2.75) is 57.7 Å². The minimum Gasteiger partial charge on any atom is -0.493 e. The number of nitrogens with one attached hydrogen (secondary N) is 2. The van der Waals surface area contributed by atoms with E-state index in [-0.39, 0.29) is 11.9 Å². The monoisotopic (exact) mass is 377 g/mol. The van der Waals surface area contributed by atoms with Gasteiger partial charge in [-0.1, -0.05) is 31.4 Å². The van der Waals surface area contributed by atoms with E-state index in [1.165, 1.54) is 6.42 Å². The molecule has 0 aliphatic heterocycles. The molecule has 150 valence electrons. The molecule has 0 radical (unpaired) electrons. The Morgan fingerprint density at radius 2 is 1.89 bits per heavy atom. The molecule has 7 heteroatoms. The largest absolute Gasteiger partial charge is 0.493 e. The number of likely N-dealkylation sites (N-methyl/N-ethyl adjacent to an activating group) is 1. The second-order valence-electron chi connectivity index (χ2n) is 7.04. The third-order valence-corrected chi connectivity index (χ3v) is 5.12. The Bertz CT molecular complexity index is 644. The molecule has 3 amide bonds. The number of imide groups is 1. The van der Waals surface area contributed by atoms with Crippen LogP contribution in [-0.4, -0.2) is 50.2 Å². The third kappa shape index (κ3) is 5.85. The first-order valence-corrected chi connectivity index (χ1v) is 9.47. The van der Waals surface area contributed by atoms with Crippen LogP contribution in [0.5, 0.6) is 11.5 Å². The van der Waals surface area contributed by atoms with Gasteiger partial charge in [-0.3, -0.25) is 15.0 Å². The van der Waals surface area contributed by atoms with Crippen LogP contribution in [0.4, 0.5) is 4.79 Å². The maximum Gasteiger partial charge on any atom is 0.321 e. The van der Waals surface area contributed by atoms with Crippen LogP contribution in [0.15, 0.2) is 18.2 Å². The van der Waals surface area contributed by atoms with Gasteiger partial charge in [0, 0.05) is 18.2 Å². The summed E-state index contributed by atoms with van der Waals surface area (Å²) in [5.41, 5.74) is 0.908. The van der Waals surface area contributed by atoms with Crippen LogP contribution in [-0.2, 0) is 11.3 Å². The van der Waals surface area contributed by atoms with Crippen LogP contribution in [0, 0.1) is 0 Å². The van der Waals surface area contributed by atoms with E-state index in [0.29, 0.717) is 18.0 Å².